The minimum atomic E-state index is -0.250. The molecule has 0 saturated carbocycles. The van der Waals surface area contributed by atoms with Gasteiger partial charge in [-0.15, -0.1) is 11.3 Å². The van der Waals surface area contributed by atoms with Gasteiger partial charge in [-0.05, 0) is 62.4 Å². The number of carbonyl (C=O) groups is 1. The molecule has 0 radical (unpaired) electrons. The van der Waals surface area contributed by atoms with Crippen LogP contribution in [-0.4, -0.2) is 24.1 Å². The van der Waals surface area contributed by atoms with Crippen LogP contribution in [0.25, 0.3) is 17.3 Å². The first-order chi connectivity index (χ1) is 14.1. The van der Waals surface area contributed by atoms with Gasteiger partial charge < -0.3 is 9.47 Å². The predicted octanol–water partition coefficient (Wildman–Crippen LogP) is 6.02. The van der Waals surface area contributed by atoms with E-state index in [1.165, 1.54) is 17.4 Å². The fourth-order valence-electron chi connectivity index (χ4n) is 2.60. The number of carbonyl (C=O) groups excluding carboxylic acids is 1. The number of nitrogens with one attached hydrogen (secondary N) is 1. The van der Waals surface area contributed by atoms with Crippen LogP contribution < -0.4 is 14.8 Å². The molecule has 0 fully saturated rings. The van der Waals surface area contributed by atoms with Gasteiger partial charge in [-0.3, -0.25) is 10.1 Å². The van der Waals surface area contributed by atoms with E-state index in [0.717, 1.165) is 32.8 Å². The molecule has 0 bridgehead atoms. The molecule has 0 atom stereocenters. The fourth-order valence-corrected chi connectivity index (χ4v) is 3.70. The van der Waals surface area contributed by atoms with Crippen LogP contribution >= 0.6 is 27.3 Å². The van der Waals surface area contributed by atoms with Crippen molar-refractivity contribution in [2.75, 3.05) is 18.5 Å². The van der Waals surface area contributed by atoms with Gasteiger partial charge in [0.2, 0.25) is 5.91 Å². The Morgan fingerprint density at radius 3 is 2.62 bits per heavy atom. The Bertz CT molecular complexity index is 1000. The van der Waals surface area contributed by atoms with Gasteiger partial charge in [0.15, 0.2) is 5.13 Å². The molecule has 1 N–H and O–H groups in total. The summed E-state index contributed by atoms with van der Waals surface area (Å²) in [5.41, 5.74) is 2.60. The van der Waals surface area contributed by atoms with E-state index in [2.05, 4.69) is 26.2 Å². The highest BCUT2D eigenvalue weighted by Gasteiger charge is 2.08. The topological polar surface area (TPSA) is 60.5 Å². The van der Waals surface area contributed by atoms with Crippen LogP contribution in [0.3, 0.4) is 0 Å². The molecule has 150 valence electrons. The van der Waals surface area contributed by atoms with E-state index in [4.69, 9.17) is 9.47 Å². The zero-order valence-electron chi connectivity index (χ0n) is 16.1. The smallest absolute Gasteiger partial charge is 0.250 e. The van der Waals surface area contributed by atoms with Gasteiger partial charge in [-0.25, -0.2) is 4.98 Å². The van der Waals surface area contributed by atoms with Gasteiger partial charge >= 0.3 is 0 Å². The molecule has 3 aromatic rings. The number of ether oxygens (including phenoxy) is 2. The van der Waals surface area contributed by atoms with E-state index >= 15 is 0 Å². The second-order valence-corrected chi connectivity index (χ2v) is 7.71. The van der Waals surface area contributed by atoms with E-state index in [0.29, 0.717) is 18.3 Å². The lowest BCUT2D eigenvalue weighted by Crippen LogP contribution is -2.07. The van der Waals surface area contributed by atoms with Crippen molar-refractivity contribution in [2.45, 2.75) is 13.8 Å². The van der Waals surface area contributed by atoms with Crippen LogP contribution in [0.2, 0.25) is 0 Å². The molecule has 29 heavy (non-hydrogen) atoms. The maximum Gasteiger partial charge on any atom is 0.250 e. The molecule has 0 aliphatic rings. The number of thiazole rings is 1. The second-order valence-electron chi connectivity index (χ2n) is 5.93. The lowest BCUT2D eigenvalue weighted by molar-refractivity contribution is -0.111. The van der Waals surface area contributed by atoms with Crippen molar-refractivity contribution < 1.29 is 14.3 Å². The fraction of sp³-hybridized carbons (Fsp3) is 0.182. The van der Waals surface area contributed by atoms with Gasteiger partial charge in [0.1, 0.15) is 11.5 Å². The van der Waals surface area contributed by atoms with E-state index in [1.54, 1.807) is 6.08 Å². The van der Waals surface area contributed by atoms with Gasteiger partial charge in [0.25, 0.3) is 0 Å². The number of hydrogen-bond donors (Lipinski definition) is 1. The Balaban J connectivity index is 1.66. The summed E-state index contributed by atoms with van der Waals surface area (Å²) in [6, 6.07) is 13.4. The first kappa shape index (κ1) is 21.1. The lowest BCUT2D eigenvalue weighted by atomic mass is 10.2. The molecular weight excluding hydrogens is 452 g/mol. The SMILES string of the molecule is CCOc1ccc(-c2csc(NC(=O)/C=C/c3cc(Br)ccc3OCC)n2)cc1. The normalized spacial score (nSPS) is 10.9. The summed E-state index contributed by atoms with van der Waals surface area (Å²) >= 11 is 4.82. The standard InChI is InChI=1S/C22H21BrN2O3S/c1-3-27-18-9-5-15(6-10-18)19-14-29-22(24-19)25-21(26)12-7-16-13-17(23)8-11-20(16)28-4-2/h5-14H,3-4H2,1-2H3,(H,24,25,26)/b12-7+. The van der Waals surface area contributed by atoms with Crippen LogP contribution in [0.5, 0.6) is 11.5 Å². The summed E-state index contributed by atoms with van der Waals surface area (Å²) < 4.78 is 12.0. The number of anilines is 1. The summed E-state index contributed by atoms with van der Waals surface area (Å²) in [5, 5.41) is 5.26. The number of rotatable bonds is 8. The molecule has 0 aliphatic carbocycles. The summed E-state index contributed by atoms with van der Waals surface area (Å²) in [5.74, 6) is 1.30. The van der Waals surface area contributed by atoms with Crippen LogP contribution in [0.4, 0.5) is 5.13 Å². The Morgan fingerprint density at radius 1 is 1.14 bits per heavy atom. The Labute approximate surface area is 182 Å². The van der Waals surface area contributed by atoms with Crippen molar-refractivity contribution in [1.82, 2.24) is 4.98 Å². The molecular formula is C22H21BrN2O3S. The van der Waals surface area contributed by atoms with Crippen LogP contribution in [0.15, 0.2) is 58.4 Å². The second kappa shape index (κ2) is 10.2. The first-order valence-corrected chi connectivity index (χ1v) is 10.9. The monoisotopic (exact) mass is 472 g/mol. The summed E-state index contributed by atoms with van der Waals surface area (Å²) in [4.78, 5) is 16.8. The summed E-state index contributed by atoms with van der Waals surface area (Å²) in [6.45, 7) is 5.06. The molecule has 1 aromatic heterocycles. The average Bonchev–Trinajstić information content (AvgIpc) is 3.17. The number of halogens is 1. The van der Waals surface area contributed by atoms with Crippen LogP contribution in [-0.2, 0) is 4.79 Å². The Hall–Kier alpha value is -2.64. The molecule has 0 spiro atoms. The van der Waals surface area contributed by atoms with Gasteiger partial charge in [0.05, 0.1) is 18.9 Å². The highest BCUT2D eigenvalue weighted by atomic mass is 79.9. The van der Waals surface area contributed by atoms with Crippen molar-refractivity contribution in [1.29, 1.82) is 0 Å². The minimum absolute atomic E-state index is 0.250. The van der Waals surface area contributed by atoms with E-state index in [-0.39, 0.29) is 5.91 Å². The molecule has 3 rings (SSSR count). The third-order valence-electron chi connectivity index (χ3n) is 3.88. The van der Waals surface area contributed by atoms with Crippen molar-refractivity contribution in [3.05, 3.63) is 64.0 Å². The molecule has 0 aliphatic heterocycles. The molecule has 7 heteroatoms. The van der Waals surface area contributed by atoms with Crippen LogP contribution in [0, 0.1) is 0 Å². The lowest BCUT2D eigenvalue weighted by Gasteiger charge is -2.07. The number of hydrogen-bond acceptors (Lipinski definition) is 5. The summed E-state index contributed by atoms with van der Waals surface area (Å²) in [6.07, 6.45) is 3.20. The van der Waals surface area contributed by atoms with Crippen molar-refractivity contribution >= 4 is 44.4 Å². The van der Waals surface area contributed by atoms with E-state index in [9.17, 15) is 4.79 Å². The van der Waals surface area contributed by atoms with Gasteiger partial charge in [-0.1, -0.05) is 15.9 Å². The van der Waals surface area contributed by atoms with Gasteiger partial charge in [-0.2, -0.15) is 0 Å². The Kier molecular flexibility index (Phi) is 7.43. The molecule has 0 unspecified atom stereocenters. The largest absolute Gasteiger partial charge is 0.494 e. The predicted molar refractivity (Wildman–Crippen MR) is 122 cm³/mol. The quantitative estimate of drug-likeness (QED) is 0.407. The van der Waals surface area contributed by atoms with Crippen molar-refractivity contribution in [2.24, 2.45) is 0 Å². The van der Waals surface area contributed by atoms with E-state index in [1.807, 2.05) is 61.7 Å². The molecule has 1 amide bonds. The zero-order valence-corrected chi connectivity index (χ0v) is 18.5. The average molecular weight is 473 g/mol. The zero-order chi connectivity index (χ0) is 20.6. The minimum Gasteiger partial charge on any atom is -0.494 e. The number of benzene rings is 2. The van der Waals surface area contributed by atoms with E-state index < -0.39 is 0 Å². The first-order valence-electron chi connectivity index (χ1n) is 9.19. The number of amides is 1. The maximum absolute atomic E-state index is 12.3. The Morgan fingerprint density at radius 2 is 1.90 bits per heavy atom. The highest BCUT2D eigenvalue weighted by molar-refractivity contribution is 9.10. The number of aromatic nitrogens is 1. The highest BCUT2D eigenvalue weighted by Crippen LogP contribution is 2.27. The maximum atomic E-state index is 12.3. The third-order valence-corrected chi connectivity index (χ3v) is 5.13. The van der Waals surface area contributed by atoms with Crippen LogP contribution in [0.1, 0.15) is 19.4 Å². The van der Waals surface area contributed by atoms with Crippen molar-refractivity contribution in [3.8, 4) is 22.8 Å². The molecule has 5 nitrogen and oxygen atoms in total. The van der Waals surface area contributed by atoms with Gasteiger partial charge in [0, 0.05) is 27.1 Å². The molecule has 2 aromatic carbocycles. The molecule has 1 heterocycles. The molecule has 0 saturated heterocycles. The van der Waals surface area contributed by atoms with Crippen molar-refractivity contribution in [3.63, 3.8) is 0 Å². The summed E-state index contributed by atoms with van der Waals surface area (Å²) in [7, 11) is 0. The third kappa shape index (κ3) is 5.92. The number of nitrogens with zero attached hydrogens (tertiary/aromatic N) is 1.